The number of hydrogen-bond acceptors (Lipinski definition) is 8. The lowest BCUT2D eigenvalue weighted by Crippen LogP contribution is -2.35. The number of nitrogens with zero attached hydrogens (tertiary/aromatic N) is 1. The summed E-state index contributed by atoms with van der Waals surface area (Å²) in [4.78, 5) is 37.2. The lowest BCUT2D eigenvalue weighted by atomic mass is 10.0. The van der Waals surface area contributed by atoms with Crippen LogP contribution in [0.5, 0.6) is 0 Å². The van der Waals surface area contributed by atoms with Gasteiger partial charge in [0.15, 0.2) is 6.10 Å². The molecule has 0 radical (unpaired) electrons. The van der Waals surface area contributed by atoms with Crippen LogP contribution in [0.3, 0.4) is 0 Å². The molecule has 0 fully saturated rings. The number of phosphoric acid groups is 1. The van der Waals surface area contributed by atoms with Gasteiger partial charge in [-0.2, -0.15) is 0 Å². The Bertz CT molecular complexity index is 789. The number of carbonyl (C=O) groups excluding carboxylic acids is 2. The normalized spacial score (nSPS) is 13.7. The number of phosphoric ester groups is 1. The SMILES string of the molecule is CCCCCCCCCCCCCCCCCC(=O)OC[C@H](COP(=O)([O-])OCCC[N+](C)(C)C)OC(=O)CCCCCCCCC. The van der Waals surface area contributed by atoms with E-state index in [0.29, 0.717) is 17.3 Å². The molecule has 1 unspecified atom stereocenters. The molecular weight excluding hydrogens is 617 g/mol. The van der Waals surface area contributed by atoms with Crippen molar-refractivity contribution in [1.82, 2.24) is 0 Å². The van der Waals surface area contributed by atoms with Gasteiger partial charge in [-0.1, -0.05) is 142 Å². The van der Waals surface area contributed by atoms with Gasteiger partial charge in [-0.05, 0) is 12.8 Å². The molecule has 0 aliphatic heterocycles. The molecule has 0 aromatic carbocycles. The van der Waals surface area contributed by atoms with Crippen molar-refractivity contribution in [3.05, 3.63) is 0 Å². The summed E-state index contributed by atoms with van der Waals surface area (Å²) in [5.41, 5.74) is 0. The lowest BCUT2D eigenvalue weighted by Gasteiger charge is -2.27. The summed E-state index contributed by atoms with van der Waals surface area (Å²) in [5, 5.41) is 0. The Morgan fingerprint density at radius 1 is 0.574 bits per heavy atom. The predicted molar refractivity (Wildman–Crippen MR) is 190 cm³/mol. The topological polar surface area (TPSA) is 111 Å². The average molecular weight is 692 g/mol. The van der Waals surface area contributed by atoms with Gasteiger partial charge in [0.25, 0.3) is 7.82 Å². The molecular formula is C37H74NO8P. The van der Waals surface area contributed by atoms with Gasteiger partial charge in [-0.25, -0.2) is 0 Å². The molecule has 0 aliphatic carbocycles. The quantitative estimate of drug-likeness (QED) is 0.0280. The molecule has 2 atom stereocenters. The third kappa shape index (κ3) is 34.7. The Balaban J connectivity index is 4.34. The number of rotatable bonds is 35. The first kappa shape index (κ1) is 46.0. The van der Waals surface area contributed by atoms with Gasteiger partial charge in [-0.15, -0.1) is 0 Å². The fourth-order valence-electron chi connectivity index (χ4n) is 5.41. The van der Waals surface area contributed by atoms with E-state index in [9.17, 15) is 19.0 Å². The first-order valence-corrected chi connectivity index (χ1v) is 20.7. The summed E-state index contributed by atoms with van der Waals surface area (Å²) >= 11 is 0. The minimum absolute atomic E-state index is 0.00719. The molecule has 0 saturated carbocycles. The molecule has 0 N–H and O–H groups in total. The highest BCUT2D eigenvalue weighted by molar-refractivity contribution is 7.45. The highest BCUT2D eigenvalue weighted by Crippen LogP contribution is 2.38. The van der Waals surface area contributed by atoms with Crippen LogP contribution in [-0.2, 0) is 32.7 Å². The van der Waals surface area contributed by atoms with E-state index < -0.39 is 26.5 Å². The maximum absolute atomic E-state index is 12.5. The minimum Gasteiger partial charge on any atom is -0.756 e. The number of ether oxygens (including phenoxy) is 2. The largest absolute Gasteiger partial charge is 0.756 e. The molecule has 0 aromatic rings. The Morgan fingerprint density at radius 2 is 0.979 bits per heavy atom. The third-order valence-corrected chi connectivity index (χ3v) is 9.30. The number of unbranched alkanes of at least 4 members (excludes halogenated alkanes) is 20. The Kier molecular flexibility index (Phi) is 30.4. The Labute approximate surface area is 289 Å². The van der Waals surface area contributed by atoms with Crippen LogP contribution in [0.1, 0.15) is 174 Å². The van der Waals surface area contributed by atoms with E-state index in [2.05, 4.69) is 13.8 Å². The summed E-state index contributed by atoms with van der Waals surface area (Å²) in [6, 6.07) is 0. The summed E-state index contributed by atoms with van der Waals surface area (Å²) in [5.74, 6) is -0.829. The zero-order chi connectivity index (χ0) is 35.1. The number of esters is 2. The third-order valence-electron chi connectivity index (χ3n) is 8.34. The molecule has 0 rings (SSSR count). The number of hydrogen-bond donors (Lipinski definition) is 0. The molecule has 280 valence electrons. The van der Waals surface area contributed by atoms with E-state index in [0.717, 1.165) is 45.1 Å². The van der Waals surface area contributed by atoms with Crippen LogP contribution in [-0.4, -0.2) is 70.0 Å². The van der Waals surface area contributed by atoms with Crippen LogP contribution in [0.25, 0.3) is 0 Å². The number of quaternary nitrogens is 1. The molecule has 0 bridgehead atoms. The van der Waals surface area contributed by atoms with E-state index in [1.807, 2.05) is 21.1 Å². The summed E-state index contributed by atoms with van der Waals surface area (Å²) in [6.45, 7) is 4.49. The van der Waals surface area contributed by atoms with E-state index in [1.165, 1.54) is 96.3 Å². The van der Waals surface area contributed by atoms with E-state index in [4.69, 9.17) is 18.5 Å². The second kappa shape index (κ2) is 31.0. The molecule has 0 aliphatic rings. The number of carbonyl (C=O) groups is 2. The van der Waals surface area contributed by atoms with Gasteiger partial charge in [0.2, 0.25) is 0 Å². The van der Waals surface area contributed by atoms with Gasteiger partial charge >= 0.3 is 11.9 Å². The lowest BCUT2D eigenvalue weighted by molar-refractivity contribution is -0.870. The van der Waals surface area contributed by atoms with Gasteiger partial charge in [0.05, 0.1) is 40.9 Å². The molecule has 0 heterocycles. The van der Waals surface area contributed by atoms with E-state index >= 15 is 0 Å². The first-order chi connectivity index (χ1) is 22.5. The Morgan fingerprint density at radius 3 is 1.40 bits per heavy atom. The fraction of sp³-hybridized carbons (Fsp3) is 0.946. The van der Waals surface area contributed by atoms with Gasteiger partial charge < -0.3 is 27.9 Å². The fourth-order valence-corrected chi connectivity index (χ4v) is 6.19. The monoisotopic (exact) mass is 692 g/mol. The Hall–Kier alpha value is -0.990. The second-order valence-electron chi connectivity index (χ2n) is 14.3. The summed E-state index contributed by atoms with van der Waals surface area (Å²) in [7, 11) is 1.45. The van der Waals surface area contributed by atoms with Gasteiger partial charge in [0, 0.05) is 19.3 Å². The predicted octanol–water partition coefficient (Wildman–Crippen LogP) is 9.44. The highest BCUT2D eigenvalue weighted by Gasteiger charge is 2.21. The molecule has 0 amide bonds. The van der Waals surface area contributed by atoms with Crippen LogP contribution >= 0.6 is 7.82 Å². The molecule has 0 aromatic heterocycles. The van der Waals surface area contributed by atoms with Crippen molar-refractivity contribution in [1.29, 1.82) is 0 Å². The van der Waals surface area contributed by atoms with Crippen molar-refractivity contribution < 1.29 is 42.1 Å². The van der Waals surface area contributed by atoms with Crippen molar-refractivity contribution in [3.8, 4) is 0 Å². The smallest absolute Gasteiger partial charge is 0.306 e. The first-order valence-electron chi connectivity index (χ1n) is 19.2. The molecule has 0 saturated heterocycles. The van der Waals surface area contributed by atoms with Crippen molar-refractivity contribution in [2.24, 2.45) is 0 Å². The maximum Gasteiger partial charge on any atom is 0.306 e. The van der Waals surface area contributed by atoms with E-state index in [-0.39, 0.29) is 32.0 Å². The average Bonchev–Trinajstić information content (AvgIpc) is 3.01. The highest BCUT2D eigenvalue weighted by atomic mass is 31.2. The van der Waals surface area contributed by atoms with Crippen molar-refractivity contribution in [3.63, 3.8) is 0 Å². The minimum atomic E-state index is -4.59. The van der Waals surface area contributed by atoms with Crippen LogP contribution < -0.4 is 4.89 Å². The zero-order valence-electron chi connectivity index (χ0n) is 31.2. The van der Waals surface area contributed by atoms with Crippen LogP contribution in [0.2, 0.25) is 0 Å². The summed E-state index contributed by atoms with van der Waals surface area (Å²) in [6.07, 6.45) is 26.3. The molecule has 0 spiro atoms. The summed E-state index contributed by atoms with van der Waals surface area (Å²) < 4.78 is 33.9. The standard InChI is InChI=1S/C37H74NO8P/c1-6-8-10-12-14-15-16-17-18-19-20-21-23-24-26-29-36(39)43-33-35(46-37(40)30-27-25-22-13-11-9-7-2)34-45-47(41,42)44-32-28-31-38(3,4)5/h35H,6-34H2,1-5H3/t35-/m1/s1. The van der Waals surface area contributed by atoms with Crippen molar-refractivity contribution >= 4 is 19.8 Å². The molecule has 10 heteroatoms. The maximum atomic E-state index is 12.5. The van der Waals surface area contributed by atoms with E-state index in [1.54, 1.807) is 0 Å². The zero-order valence-corrected chi connectivity index (χ0v) is 32.1. The molecule has 9 nitrogen and oxygen atoms in total. The van der Waals surface area contributed by atoms with Crippen LogP contribution in [0.4, 0.5) is 0 Å². The second-order valence-corrected chi connectivity index (χ2v) is 15.7. The van der Waals surface area contributed by atoms with Crippen LogP contribution in [0.15, 0.2) is 0 Å². The van der Waals surface area contributed by atoms with Crippen LogP contribution in [0, 0.1) is 0 Å². The van der Waals surface area contributed by atoms with Gasteiger partial charge in [-0.3, -0.25) is 14.2 Å². The van der Waals surface area contributed by atoms with Gasteiger partial charge in [0.1, 0.15) is 6.61 Å². The van der Waals surface area contributed by atoms with Crippen molar-refractivity contribution in [2.75, 3.05) is 47.5 Å². The van der Waals surface area contributed by atoms with Crippen molar-refractivity contribution in [2.45, 2.75) is 180 Å². The molecule has 47 heavy (non-hydrogen) atoms.